The molecule has 0 aliphatic carbocycles. The van der Waals surface area contributed by atoms with Crippen LogP contribution in [0.5, 0.6) is 5.75 Å². The second-order valence-corrected chi connectivity index (χ2v) is 5.30. The highest BCUT2D eigenvalue weighted by Crippen LogP contribution is 2.14. The zero-order valence-electron chi connectivity index (χ0n) is 13.4. The van der Waals surface area contributed by atoms with Crippen molar-refractivity contribution in [2.75, 3.05) is 7.11 Å². The number of ketones is 1. The molecule has 0 unspecified atom stereocenters. The van der Waals surface area contributed by atoms with Crippen LogP contribution in [0.4, 0.5) is 0 Å². The molecular formula is C19H20O4. The molecule has 0 amide bonds. The summed E-state index contributed by atoms with van der Waals surface area (Å²) in [4.78, 5) is 23.7. The maximum Gasteiger partial charge on any atom is 0.306 e. The van der Waals surface area contributed by atoms with Crippen LogP contribution in [-0.2, 0) is 16.1 Å². The van der Waals surface area contributed by atoms with Crippen molar-refractivity contribution in [3.63, 3.8) is 0 Å². The minimum absolute atomic E-state index is 0.0525. The highest BCUT2D eigenvalue weighted by Gasteiger charge is 2.10. The molecule has 4 heteroatoms. The fourth-order valence-electron chi connectivity index (χ4n) is 2.10. The van der Waals surface area contributed by atoms with Crippen molar-refractivity contribution in [3.05, 3.63) is 65.2 Å². The number of ether oxygens (including phenoxy) is 2. The largest absolute Gasteiger partial charge is 0.497 e. The van der Waals surface area contributed by atoms with E-state index in [1.807, 2.05) is 43.3 Å². The zero-order valence-corrected chi connectivity index (χ0v) is 13.4. The standard InChI is InChI=1S/C19H20O4/c1-14-6-8-16(9-7-14)18(20)10-11-19(21)23-13-15-4-3-5-17(12-15)22-2/h3-9,12H,10-11,13H2,1-2H3. The van der Waals surface area contributed by atoms with E-state index in [-0.39, 0.29) is 31.2 Å². The summed E-state index contributed by atoms with van der Waals surface area (Å²) in [5.41, 5.74) is 2.57. The predicted octanol–water partition coefficient (Wildman–Crippen LogP) is 3.71. The third-order valence-electron chi connectivity index (χ3n) is 3.46. The van der Waals surface area contributed by atoms with Crippen molar-refractivity contribution in [2.45, 2.75) is 26.4 Å². The quantitative estimate of drug-likeness (QED) is 0.578. The number of aryl methyl sites for hydroxylation is 1. The SMILES string of the molecule is COc1cccc(COC(=O)CCC(=O)c2ccc(C)cc2)c1. The molecule has 2 aromatic carbocycles. The lowest BCUT2D eigenvalue weighted by atomic mass is 10.1. The first-order valence-corrected chi connectivity index (χ1v) is 7.47. The second kappa shape index (κ2) is 8.13. The number of methoxy groups -OCH3 is 1. The van der Waals surface area contributed by atoms with Crippen LogP contribution in [0.15, 0.2) is 48.5 Å². The molecule has 0 atom stereocenters. The van der Waals surface area contributed by atoms with E-state index in [4.69, 9.17) is 9.47 Å². The van der Waals surface area contributed by atoms with Crippen molar-refractivity contribution < 1.29 is 19.1 Å². The normalized spacial score (nSPS) is 10.2. The summed E-state index contributed by atoms with van der Waals surface area (Å²) in [6.07, 6.45) is 0.233. The third-order valence-corrected chi connectivity index (χ3v) is 3.46. The van der Waals surface area contributed by atoms with Gasteiger partial charge >= 0.3 is 5.97 Å². The van der Waals surface area contributed by atoms with Gasteiger partial charge in [-0.1, -0.05) is 42.0 Å². The minimum atomic E-state index is -0.381. The summed E-state index contributed by atoms with van der Waals surface area (Å²) in [5.74, 6) is 0.282. The second-order valence-electron chi connectivity index (χ2n) is 5.30. The van der Waals surface area contributed by atoms with Crippen LogP contribution < -0.4 is 4.74 Å². The molecule has 4 nitrogen and oxygen atoms in total. The van der Waals surface area contributed by atoms with E-state index in [1.165, 1.54) is 0 Å². The number of carbonyl (C=O) groups is 2. The minimum Gasteiger partial charge on any atom is -0.497 e. The van der Waals surface area contributed by atoms with E-state index >= 15 is 0 Å². The number of Topliss-reactive ketones (excluding diaryl/α,β-unsaturated/α-hetero) is 1. The molecular weight excluding hydrogens is 292 g/mol. The van der Waals surface area contributed by atoms with E-state index in [1.54, 1.807) is 19.2 Å². The van der Waals surface area contributed by atoms with Gasteiger partial charge < -0.3 is 9.47 Å². The molecule has 0 aliphatic heterocycles. The first-order chi connectivity index (χ1) is 11.1. The maximum absolute atomic E-state index is 12.0. The third kappa shape index (κ3) is 5.25. The average Bonchev–Trinajstić information content (AvgIpc) is 2.58. The summed E-state index contributed by atoms with van der Waals surface area (Å²) in [6.45, 7) is 2.14. The Morgan fingerprint density at radius 2 is 1.74 bits per heavy atom. The van der Waals surface area contributed by atoms with Crippen molar-refractivity contribution >= 4 is 11.8 Å². The van der Waals surface area contributed by atoms with Gasteiger partial charge in [0.15, 0.2) is 5.78 Å². The van der Waals surface area contributed by atoms with Crippen molar-refractivity contribution in [1.29, 1.82) is 0 Å². The number of hydrogen-bond acceptors (Lipinski definition) is 4. The molecule has 0 saturated heterocycles. The topological polar surface area (TPSA) is 52.6 Å². The van der Waals surface area contributed by atoms with Crippen LogP contribution in [0, 0.1) is 6.92 Å². The Kier molecular flexibility index (Phi) is 5.92. The highest BCUT2D eigenvalue weighted by atomic mass is 16.5. The highest BCUT2D eigenvalue weighted by molar-refractivity contribution is 5.97. The number of hydrogen-bond donors (Lipinski definition) is 0. The number of benzene rings is 2. The summed E-state index contributed by atoms with van der Waals surface area (Å²) < 4.78 is 10.3. The molecule has 0 N–H and O–H groups in total. The van der Waals surface area contributed by atoms with E-state index in [9.17, 15) is 9.59 Å². The van der Waals surface area contributed by atoms with Gasteiger partial charge in [-0.2, -0.15) is 0 Å². The Hall–Kier alpha value is -2.62. The zero-order chi connectivity index (χ0) is 16.7. The monoisotopic (exact) mass is 312 g/mol. The molecule has 0 heterocycles. The Morgan fingerprint density at radius 3 is 2.43 bits per heavy atom. The summed E-state index contributed by atoms with van der Waals surface area (Å²) >= 11 is 0. The Morgan fingerprint density at radius 1 is 1.00 bits per heavy atom. The number of esters is 1. The van der Waals surface area contributed by atoms with E-state index < -0.39 is 0 Å². The number of rotatable bonds is 7. The van der Waals surface area contributed by atoms with Crippen LogP contribution in [-0.4, -0.2) is 18.9 Å². The average molecular weight is 312 g/mol. The molecule has 23 heavy (non-hydrogen) atoms. The van der Waals surface area contributed by atoms with E-state index in [2.05, 4.69) is 0 Å². The molecule has 2 aromatic rings. The van der Waals surface area contributed by atoms with Crippen LogP contribution in [0.1, 0.15) is 34.3 Å². The van der Waals surface area contributed by atoms with E-state index in [0.717, 1.165) is 11.1 Å². The van der Waals surface area contributed by atoms with Gasteiger partial charge in [0.1, 0.15) is 12.4 Å². The van der Waals surface area contributed by atoms with Gasteiger partial charge in [0.25, 0.3) is 0 Å². The molecule has 0 spiro atoms. The Labute approximate surface area is 136 Å². The molecule has 0 fully saturated rings. The van der Waals surface area contributed by atoms with Crippen molar-refractivity contribution in [1.82, 2.24) is 0 Å². The Bertz CT molecular complexity index is 674. The fourth-order valence-corrected chi connectivity index (χ4v) is 2.10. The maximum atomic E-state index is 12.0. The van der Waals surface area contributed by atoms with Crippen molar-refractivity contribution in [2.24, 2.45) is 0 Å². The van der Waals surface area contributed by atoms with E-state index in [0.29, 0.717) is 11.3 Å². The van der Waals surface area contributed by atoms with Gasteiger partial charge in [-0.15, -0.1) is 0 Å². The molecule has 0 saturated carbocycles. The summed E-state index contributed by atoms with van der Waals surface area (Å²) in [5, 5.41) is 0. The smallest absolute Gasteiger partial charge is 0.306 e. The van der Waals surface area contributed by atoms with Gasteiger partial charge in [0.05, 0.1) is 13.5 Å². The lowest BCUT2D eigenvalue weighted by molar-refractivity contribution is -0.144. The summed E-state index contributed by atoms with van der Waals surface area (Å²) in [6, 6.07) is 14.6. The Balaban J connectivity index is 1.78. The van der Waals surface area contributed by atoms with Crippen LogP contribution in [0.25, 0.3) is 0 Å². The van der Waals surface area contributed by atoms with Crippen molar-refractivity contribution in [3.8, 4) is 5.75 Å². The van der Waals surface area contributed by atoms with Crippen LogP contribution >= 0.6 is 0 Å². The molecule has 0 radical (unpaired) electrons. The van der Waals surface area contributed by atoms with Gasteiger partial charge in [-0.25, -0.2) is 0 Å². The predicted molar refractivity (Wildman–Crippen MR) is 87.5 cm³/mol. The molecule has 0 aromatic heterocycles. The molecule has 120 valence electrons. The van der Waals surface area contributed by atoms with Gasteiger partial charge in [-0.3, -0.25) is 9.59 Å². The first kappa shape index (κ1) is 16.7. The molecule has 0 bridgehead atoms. The van der Waals surface area contributed by atoms with Gasteiger partial charge in [-0.05, 0) is 24.6 Å². The lowest BCUT2D eigenvalue weighted by Gasteiger charge is -2.06. The number of carbonyl (C=O) groups excluding carboxylic acids is 2. The fraction of sp³-hybridized carbons (Fsp3) is 0.263. The molecule has 2 rings (SSSR count). The van der Waals surface area contributed by atoms with Gasteiger partial charge in [0.2, 0.25) is 0 Å². The first-order valence-electron chi connectivity index (χ1n) is 7.47. The van der Waals surface area contributed by atoms with Crippen LogP contribution in [0.2, 0.25) is 0 Å². The summed E-state index contributed by atoms with van der Waals surface area (Å²) in [7, 11) is 1.59. The van der Waals surface area contributed by atoms with Crippen LogP contribution in [0.3, 0.4) is 0 Å². The molecule has 0 aliphatic rings. The van der Waals surface area contributed by atoms with Gasteiger partial charge in [0, 0.05) is 12.0 Å². The lowest BCUT2D eigenvalue weighted by Crippen LogP contribution is -2.08.